The predicted octanol–water partition coefficient (Wildman–Crippen LogP) is 1.53. The van der Waals surface area contributed by atoms with Gasteiger partial charge in [-0.15, -0.1) is 0 Å². The Morgan fingerprint density at radius 3 is 2.50 bits per heavy atom. The van der Waals surface area contributed by atoms with Gasteiger partial charge in [-0.05, 0) is 26.0 Å². The number of benzene rings is 1. The van der Waals surface area contributed by atoms with Crippen molar-refractivity contribution in [3.63, 3.8) is 0 Å². The molecule has 0 aliphatic carbocycles. The minimum atomic E-state index is -3.73. The molecule has 0 bridgehead atoms. The van der Waals surface area contributed by atoms with Crippen molar-refractivity contribution in [3.05, 3.63) is 22.7 Å². The molecule has 0 amide bonds. The SMILES string of the molecule is COc1c(CO)cc(Cl)cc1S(=O)(=O)NC(C)C. The predicted molar refractivity (Wildman–Crippen MR) is 69.4 cm³/mol. The van der Waals surface area contributed by atoms with Crippen LogP contribution in [-0.2, 0) is 16.6 Å². The second-order valence-corrected chi connectivity index (χ2v) is 6.15. The van der Waals surface area contributed by atoms with Crippen LogP contribution in [0.5, 0.6) is 5.75 Å². The third kappa shape index (κ3) is 3.35. The molecule has 0 saturated heterocycles. The highest BCUT2D eigenvalue weighted by molar-refractivity contribution is 7.89. The summed E-state index contributed by atoms with van der Waals surface area (Å²) in [6.45, 7) is 3.07. The van der Waals surface area contributed by atoms with Crippen molar-refractivity contribution in [2.45, 2.75) is 31.4 Å². The Morgan fingerprint density at radius 2 is 2.06 bits per heavy atom. The van der Waals surface area contributed by atoms with Crippen molar-refractivity contribution >= 4 is 21.6 Å². The highest BCUT2D eigenvalue weighted by Gasteiger charge is 2.23. The number of hydrogen-bond acceptors (Lipinski definition) is 4. The third-order valence-electron chi connectivity index (χ3n) is 2.15. The molecular weight excluding hydrogens is 278 g/mol. The number of methoxy groups -OCH3 is 1. The number of ether oxygens (including phenoxy) is 1. The van der Waals surface area contributed by atoms with E-state index in [2.05, 4.69) is 4.72 Å². The van der Waals surface area contributed by atoms with E-state index < -0.39 is 10.0 Å². The van der Waals surface area contributed by atoms with E-state index >= 15 is 0 Å². The summed E-state index contributed by atoms with van der Waals surface area (Å²) in [6.07, 6.45) is 0. The minimum Gasteiger partial charge on any atom is -0.495 e. The number of hydrogen-bond donors (Lipinski definition) is 2. The summed E-state index contributed by atoms with van der Waals surface area (Å²) in [4.78, 5) is -0.0738. The van der Waals surface area contributed by atoms with Gasteiger partial charge in [-0.3, -0.25) is 0 Å². The quantitative estimate of drug-likeness (QED) is 0.863. The van der Waals surface area contributed by atoms with E-state index in [4.69, 9.17) is 16.3 Å². The number of sulfonamides is 1. The molecular formula is C11H16ClNO4S. The van der Waals surface area contributed by atoms with Gasteiger partial charge in [-0.25, -0.2) is 13.1 Å². The lowest BCUT2D eigenvalue weighted by atomic mass is 10.2. The Morgan fingerprint density at radius 1 is 1.44 bits per heavy atom. The first-order valence-electron chi connectivity index (χ1n) is 5.31. The van der Waals surface area contributed by atoms with Gasteiger partial charge in [0.25, 0.3) is 0 Å². The van der Waals surface area contributed by atoms with Crippen molar-refractivity contribution in [1.82, 2.24) is 4.72 Å². The summed E-state index contributed by atoms with van der Waals surface area (Å²) in [6, 6.07) is 2.51. The maximum absolute atomic E-state index is 12.1. The van der Waals surface area contributed by atoms with E-state index in [1.165, 1.54) is 19.2 Å². The molecule has 0 radical (unpaired) electrons. The van der Waals surface area contributed by atoms with E-state index in [-0.39, 0.29) is 28.3 Å². The Kier molecular flexibility index (Phi) is 4.98. The second-order valence-electron chi connectivity index (χ2n) is 4.03. The maximum Gasteiger partial charge on any atom is 0.244 e. The lowest BCUT2D eigenvalue weighted by molar-refractivity contribution is 0.272. The number of halogens is 1. The molecule has 5 nitrogen and oxygen atoms in total. The Balaban J connectivity index is 3.44. The highest BCUT2D eigenvalue weighted by atomic mass is 35.5. The van der Waals surface area contributed by atoms with E-state index in [0.29, 0.717) is 5.56 Å². The Labute approximate surface area is 112 Å². The molecule has 0 aromatic heterocycles. The van der Waals surface area contributed by atoms with Gasteiger partial charge in [0.15, 0.2) is 0 Å². The average molecular weight is 294 g/mol. The van der Waals surface area contributed by atoms with E-state index in [1.54, 1.807) is 13.8 Å². The molecule has 0 aliphatic heterocycles. The zero-order chi connectivity index (χ0) is 13.9. The summed E-state index contributed by atoms with van der Waals surface area (Å²) in [7, 11) is -2.38. The van der Waals surface area contributed by atoms with E-state index in [1.807, 2.05) is 0 Å². The standard InChI is InChI=1S/C11H16ClNO4S/c1-7(2)13-18(15,16)10-5-9(12)4-8(6-14)11(10)17-3/h4-5,7,13-14H,6H2,1-3H3. The Hall–Kier alpha value is -0.820. The molecule has 18 heavy (non-hydrogen) atoms. The first kappa shape index (κ1) is 15.2. The summed E-state index contributed by atoms with van der Waals surface area (Å²) in [5.41, 5.74) is 0.328. The molecule has 1 aromatic carbocycles. The van der Waals surface area contributed by atoms with Crippen molar-refractivity contribution in [2.75, 3.05) is 7.11 Å². The monoisotopic (exact) mass is 293 g/mol. The van der Waals surface area contributed by atoms with Crippen molar-refractivity contribution < 1.29 is 18.3 Å². The van der Waals surface area contributed by atoms with Gasteiger partial charge in [0.2, 0.25) is 10.0 Å². The van der Waals surface area contributed by atoms with Gasteiger partial charge in [0.05, 0.1) is 13.7 Å². The average Bonchev–Trinajstić information content (AvgIpc) is 2.26. The first-order chi connectivity index (χ1) is 8.31. The van der Waals surface area contributed by atoms with Gasteiger partial charge in [0.1, 0.15) is 10.6 Å². The molecule has 1 rings (SSSR count). The molecule has 0 fully saturated rings. The number of rotatable bonds is 5. The molecule has 0 heterocycles. The lowest BCUT2D eigenvalue weighted by Gasteiger charge is -2.15. The molecule has 1 aromatic rings. The van der Waals surface area contributed by atoms with Gasteiger partial charge in [-0.1, -0.05) is 11.6 Å². The van der Waals surface area contributed by atoms with E-state index in [9.17, 15) is 13.5 Å². The van der Waals surface area contributed by atoms with Crippen LogP contribution in [0.4, 0.5) is 0 Å². The molecule has 2 N–H and O–H groups in total. The van der Waals surface area contributed by atoms with Crippen LogP contribution in [0.15, 0.2) is 17.0 Å². The lowest BCUT2D eigenvalue weighted by Crippen LogP contribution is -2.30. The summed E-state index contributed by atoms with van der Waals surface area (Å²) >= 11 is 5.84. The maximum atomic E-state index is 12.1. The van der Waals surface area contributed by atoms with Crippen molar-refractivity contribution in [3.8, 4) is 5.75 Å². The van der Waals surface area contributed by atoms with Crippen LogP contribution in [0.2, 0.25) is 5.02 Å². The number of aliphatic hydroxyl groups excluding tert-OH is 1. The third-order valence-corrected chi connectivity index (χ3v) is 4.03. The molecule has 102 valence electrons. The topological polar surface area (TPSA) is 75.6 Å². The van der Waals surface area contributed by atoms with Gasteiger partial charge >= 0.3 is 0 Å². The summed E-state index contributed by atoms with van der Waals surface area (Å²) in [5, 5.41) is 9.42. The zero-order valence-corrected chi connectivity index (χ0v) is 12.0. The molecule has 0 spiro atoms. The van der Waals surface area contributed by atoms with Crippen molar-refractivity contribution in [1.29, 1.82) is 0 Å². The minimum absolute atomic E-state index is 0.0738. The smallest absolute Gasteiger partial charge is 0.244 e. The van der Waals surface area contributed by atoms with Gasteiger partial charge in [0, 0.05) is 16.6 Å². The summed E-state index contributed by atoms with van der Waals surface area (Å²) < 4.78 is 31.7. The van der Waals surface area contributed by atoms with Gasteiger partial charge in [-0.2, -0.15) is 0 Å². The molecule has 0 atom stereocenters. The molecule has 7 heteroatoms. The second kappa shape index (κ2) is 5.88. The fourth-order valence-corrected chi connectivity index (χ4v) is 3.34. The normalized spacial score (nSPS) is 11.9. The number of aliphatic hydroxyl groups is 1. The van der Waals surface area contributed by atoms with Crippen LogP contribution in [0.25, 0.3) is 0 Å². The fourth-order valence-electron chi connectivity index (χ4n) is 1.55. The molecule has 0 saturated carbocycles. The van der Waals surface area contributed by atoms with Crippen LogP contribution < -0.4 is 9.46 Å². The van der Waals surface area contributed by atoms with Crippen LogP contribution in [0, 0.1) is 0 Å². The summed E-state index contributed by atoms with van der Waals surface area (Å²) in [5.74, 6) is 0.107. The first-order valence-corrected chi connectivity index (χ1v) is 7.17. The molecule has 0 aliphatic rings. The van der Waals surface area contributed by atoms with Gasteiger partial charge < -0.3 is 9.84 Å². The largest absolute Gasteiger partial charge is 0.495 e. The fraction of sp³-hybridized carbons (Fsp3) is 0.455. The van der Waals surface area contributed by atoms with Crippen LogP contribution >= 0.6 is 11.6 Å². The van der Waals surface area contributed by atoms with E-state index in [0.717, 1.165) is 0 Å². The number of nitrogens with one attached hydrogen (secondary N) is 1. The Bertz CT molecular complexity index is 528. The molecule has 0 unspecified atom stereocenters. The highest BCUT2D eigenvalue weighted by Crippen LogP contribution is 2.31. The van der Waals surface area contributed by atoms with Crippen molar-refractivity contribution in [2.24, 2.45) is 0 Å². The van der Waals surface area contributed by atoms with Crippen LogP contribution in [0.3, 0.4) is 0 Å². The zero-order valence-electron chi connectivity index (χ0n) is 10.4. The van der Waals surface area contributed by atoms with Crippen LogP contribution in [-0.4, -0.2) is 26.7 Å². The van der Waals surface area contributed by atoms with Crippen LogP contribution in [0.1, 0.15) is 19.4 Å².